The molecule has 0 fully saturated rings. The van der Waals surface area contributed by atoms with Crippen LogP contribution in [0.1, 0.15) is 19.5 Å². The molecule has 1 heterocycles. The van der Waals surface area contributed by atoms with Crippen molar-refractivity contribution in [1.82, 2.24) is 4.98 Å². The molecule has 0 atom stereocenters. The van der Waals surface area contributed by atoms with Gasteiger partial charge < -0.3 is 4.90 Å². The minimum absolute atomic E-state index is 0.458. The Bertz CT molecular complexity index is 437. The molecule has 2 aromatic rings. The molecule has 1 aromatic heterocycles. The standard InChI is InChI=1S/C15H18N2/c1-13(2)17(15-9-4-3-5-10-15)12-14-8-6-7-11-16-14/h3-11,13H,12H2,1-2H3. The van der Waals surface area contributed by atoms with Gasteiger partial charge in [0.1, 0.15) is 0 Å². The maximum Gasteiger partial charge on any atom is 0.0604 e. The van der Waals surface area contributed by atoms with Crippen LogP contribution in [0.4, 0.5) is 5.69 Å². The Balaban J connectivity index is 2.20. The van der Waals surface area contributed by atoms with Crippen LogP contribution in [-0.4, -0.2) is 11.0 Å². The van der Waals surface area contributed by atoms with E-state index in [1.54, 1.807) is 0 Å². The molecule has 0 radical (unpaired) electrons. The van der Waals surface area contributed by atoms with Crippen LogP contribution in [0.2, 0.25) is 0 Å². The third-order valence-corrected chi connectivity index (χ3v) is 2.77. The molecule has 2 heteroatoms. The number of rotatable bonds is 4. The maximum atomic E-state index is 4.38. The van der Waals surface area contributed by atoms with E-state index < -0.39 is 0 Å². The molecule has 0 bridgehead atoms. The average molecular weight is 226 g/mol. The van der Waals surface area contributed by atoms with Gasteiger partial charge in [-0.2, -0.15) is 0 Å². The molecule has 1 aromatic carbocycles. The van der Waals surface area contributed by atoms with Gasteiger partial charge in [0, 0.05) is 17.9 Å². The summed E-state index contributed by atoms with van der Waals surface area (Å²) in [4.78, 5) is 6.73. The van der Waals surface area contributed by atoms with Crippen LogP contribution < -0.4 is 4.90 Å². The van der Waals surface area contributed by atoms with Crippen molar-refractivity contribution >= 4 is 5.69 Å². The van der Waals surface area contributed by atoms with Gasteiger partial charge >= 0.3 is 0 Å². The van der Waals surface area contributed by atoms with Gasteiger partial charge in [0.25, 0.3) is 0 Å². The van der Waals surface area contributed by atoms with E-state index in [-0.39, 0.29) is 0 Å². The first-order chi connectivity index (χ1) is 8.27. The van der Waals surface area contributed by atoms with Crippen molar-refractivity contribution in [2.24, 2.45) is 0 Å². The predicted octanol–water partition coefficient (Wildman–Crippen LogP) is 3.50. The third-order valence-electron chi connectivity index (χ3n) is 2.77. The first kappa shape index (κ1) is 11.6. The lowest BCUT2D eigenvalue weighted by Gasteiger charge is -2.28. The highest BCUT2D eigenvalue weighted by atomic mass is 15.2. The first-order valence-electron chi connectivity index (χ1n) is 5.99. The smallest absolute Gasteiger partial charge is 0.0604 e. The van der Waals surface area contributed by atoms with E-state index in [1.807, 2.05) is 24.4 Å². The summed E-state index contributed by atoms with van der Waals surface area (Å²) in [6.45, 7) is 5.26. The summed E-state index contributed by atoms with van der Waals surface area (Å²) in [6, 6.07) is 17.0. The minimum atomic E-state index is 0.458. The van der Waals surface area contributed by atoms with E-state index in [0.717, 1.165) is 12.2 Å². The molecule has 0 unspecified atom stereocenters. The molecule has 2 nitrogen and oxygen atoms in total. The first-order valence-corrected chi connectivity index (χ1v) is 5.99. The zero-order valence-corrected chi connectivity index (χ0v) is 10.4. The summed E-state index contributed by atoms with van der Waals surface area (Å²) < 4.78 is 0. The number of benzene rings is 1. The topological polar surface area (TPSA) is 16.1 Å². The Morgan fingerprint density at radius 3 is 2.29 bits per heavy atom. The third kappa shape index (κ3) is 3.06. The van der Waals surface area contributed by atoms with Gasteiger partial charge in [-0.1, -0.05) is 24.3 Å². The zero-order valence-electron chi connectivity index (χ0n) is 10.4. The highest BCUT2D eigenvalue weighted by Gasteiger charge is 2.10. The van der Waals surface area contributed by atoms with Crippen LogP contribution in [0.15, 0.2) is 54.7 Å². The molecule has 88 valence electrons. The van der Waals surface area contributed by atoms with Gasteiger partial charge in [0.05, 0.1) is 12.2 Å². The lowest BCUT2D eigenvalue weighted by Crippen LogP contribution is -2.30. The minimum Gasteiger partial charge on any atom is -0.363 e. The molecule has 0 aliphatic carbocycles. The lowest BCUT2D eigenvalue weighted by atomic mass is 10.2. The predicted molar refractivity (Wildman–Crippen MR) is 72.0 cm³/mol. The van der Waals surface area contributed by atoms with E-state index in [4.69, 9.17) is 0 Å². The monoisotopic (exact) mass is 226 g/mol. The van der Waals surface area contributed by atoms with Crippen molar-refractivity contribution in [3.8, 4) is 0 Å². The Kier molecular flexibility index (Phi) is 3.76. The molecule has 0 aliphatic heterocycles. The van der Waals surface area contributed by atoms with Crippen LogP contribution in [0.5, 0.6) is 0 Å². The van der Waals surface area contributed by atoms with Crippen LogP contribution in [0.25, 0.3) is 0 Å². The summed E-state index contributed by atoms with van der Waals surface area (Å²) in [5, 5.41) is 0. The Morgan fingerprint density at radius 1 is 1.00 bits per heavy atom. The van der Waals surface area contributed by atoms with Gasteiger partial charge in [0.15, 0.2) is 0 Å². The molecule has 2 rings (SSSR count). The van der Waals surface area contributed by atoms with Crippen LogP contribution in [0.3, 0.4) is 0 Å². The molecular formula is C15H18N2. The summed E-state index contributed by atoms with van der Waals surface area (Å²) in [5.41, 5.74) is 2.35. The van der Waals surface area contributed by atoms with Crippen molar-refractivity contribution in [2.45, 2.75) is 26.4 Å². The highest BCUT2D eigenvalue weighted by molar-refractivity contribution is 5.47. The number of hydrogen-bond acceptors (Lipinski definition) is 2. The normalized spacial score (nSPS) is 10.5. The van der Waals surface area contributed by atoms with Crippen molar-refractivity contribution in [1.29, 1.82) is 0 Å². The van der Waals surface area contributed by atoms with Crippen molar-refractivity contribution in [3.63, 3.8) is 0 Å². The Morgan fingerprint density at radius 2 is 1.71 bits per heavy atom. The number of anilines is 1. The Labute approximate surface area is 103 Å². The fourth-order valence-electron chi connectivity index (χ4n) is 1.86. The second kappa shape index (κ2) is 5.48. The van der Waals surface area contributed by atoms with Crippen LogP contribution in [-0.2, 0) is 6.54 Å². The van der Waals surface area contributed by atoms with Gasteiger partial charge in [-0.15, -0.1) is 0 Å². The number of hydrogen-bond donors (Lipinski definition) is 0. The summed E-state index contributed by atoms with van der Waals surface area (Å²) in [6.07, 6.45) is 1.85. The van der Waals surface area contributed by atoms with E-state index in [1.165, 1.54) is 5.69 Å². The van der Waals surface area contributed by atoms with Crippen molar-refractivity contribution in [2.75, 3.05) is 4.90 Å². The second-order valence-corrected chi connectivity index (χ2v) is 4.38. The highest BCUT2D eigenvalue weighted by Crippen LogP contribution is 2.18. The van der Waals surface area contributed by atoms with E-state index in [2.05, 4.69) is 54.1 Å². The van der Waals surface area contributed by atoms with Crippen molar-refractivity contribution < 1.29 is 0 Å². The summed E-state index contributed by atoms with van der Waals surface area (Å²) >= 11 is 0. The van der Waals surface area contributed by atoms with E-state index in [0.29, 0.717) is 6.04 Å². The molecule has 0 N–H and O–H groups in total. The molecular weight excluding hydrogens is 208 g/mol. The summed E-state index contributed by atoms with van der Waals surface area (Å²) in [5.74, 6) is 0. The number of para-hydroxylation sites is 1. The molecule has 0 amide bonds. The number of nitrogens with zero attached hydrogens (tertiary/aromatic N) is 2. The van der Waals surface area contributed by atoms with Crippen LogP contribution >= 0.6 is 0 Å². The average Bonchev–Trinajstić information content (AvgIpc) is 2.38. The number of aromatic nitrogens is 1. The number of pyridine rings is 1. The van der Waals surface area contributed by atoms with Crippen molar-refractivity contribution in [3.05, 3.63) is 60.4 Å². The van der Waals surface area contributed by atoms with Gasteiger partial charge in [-0.3, -0.25) is 4.98 Å². The van der Waals surface area contributed by atoms with Gasteiger partial charge in [-0.25, -0.2) is 0 Å². The molecule has 0 aliphatic rings. The molecule has 17 heavy (non-hydrogen) atoms. The fraction of sp³-hybridized carbons (Fsp3) is 0.267. The fourth-order valence-corrected chi connectivity index (χ4v) is 1.86. The van der Waals surface area contributed by atoms with E-state index in [9.17, 15) is 0 Å². The zero-order chi connectivity index (χ0) is 12.1. The molecule has 0 spiro atoms. The molecule has 0 saturated carbocycles. The quantitative estimate of drug-likeness (QED) is 0.793. The molecule has 0 saturated heterocycles. The Hall–Kier alpha value is -1.83. The largest absolute Gasteiger partial charge is 0.363 e. The second-order valence-electron chi connectivity index (χ2n) is 4.38. The SMILES string of the molecule is CC(C)N(Cc1ccccn1)c1ccccc1. The van der Waals surface area contributed by atoms with Gasteiger partial charge in [0.2, 0.25) is 0 Å². The maximum absolute atomic E-state index is 4.38. The van der Waals surface area contributed by atoms with Gasteiger partial charge in [-0.05, 0) is 38.1 Å². The van der Waals surface area contributed by atoms with Crippen LogP contribution in [0, 0.1) is 0 Å². The summed E-state index contributed by atoms with van der Waals surface area (Å²) in [7, 11) is 0. The lowest BCUT2D eigenvalue weighted by molar-refractivity contribution is 0.674. The van der Waals surface area contributed by atoms with E-state index >= 15 is 0 Å².